The Labute approximate surface area is 271 Å². The van der Waals surface area contributed by atoms with Crippen LogP contribution in [0.4, 0.5) is 4.79 Å². The highest BCUT2D eigenvalue weighted by molar-refractivity contribution is 6.09. The van der Waals surface area contributed by atoms with Gasteiger partial charge in [-0.25, -0.2) is 14.8 Å². The third-order valence-electron chi connectivity index (χ3n) is 9.39. The maximum absolute atomic E-state index is 13.1. The van der Waals surface area contributed by atoms with Crippen molar-refractivity contribution < 1.29 is 19.1 Å². The number of carbonyl (C=O) groups is 3. The number of nitrogens with zero attached hydrogens (tertiary/aromatic N) is 4. The van der Waals surface area contributed by atoms with Gasteiger partial charge in [0.15, 0.2) is 0 Å². The molecule has 244 valence electrons. The van der Waals surface area contributed by atoms with E-state index in [9.17, 15) is 14.4 Å². The number of hydrogen-bond acceptors (Lipinski definition) is 7. The van der Waals surface area contributed by atoms with E-state index < -0.39 is 18.2 Å². The minimum atomic E-state index is -0.702. The molecule has 2 aliphatic heterocycles. The van der Waals surface area contributed by atoms with Gasteiger partial charge in [0.1, 0.15) is 17.7 Å². The van der Waals surface area contributed by atoms with Crippen LogP contribution in [-0.2, 0) is 14.3 Å². The average molecular weight is 638 g/mol. The van der Waals surface area contributed by atoms with Crippen molar-refractivity contribution in [3.05, 3.63) is 60.4 Å². The second-order valence-corrected chi connectivity index (χ2v) is 12.5. The highest BCUT2D eigenvalue weighted by atomic mass is 16.5. The van der Waals surface area contributed by atoms with Crippen LogP contribution in [-0.4, -0.2) is 84.9 Å². The fourth-order valence-corrected chi connectivity index (χ4v) is 6.99. The molecule has 2 saturated heterocycles. The van der Waals surface area contributed by atoms with E-state index in [2.05, 4.69) is 71.4 Å². The molecule has 0 aliphatic carbocycles. The van der Waals surface area contributed by atoms with E-state index in [0.29, 0.717) is 13.1 Å². The first-order valence-corrected chi connectivity index (χ1v) is 16.1. The molecule has 13 nitrogen and oxygen atoms in total. The lowest BCUT2D eigenvalue weighted by molar-refractivity contribution is -0.134. The third-order valence-corrected chi connectivity index (χ3v) is 9.39. The second-order valence-electron chi connectivity index (χ2n) is 12.5. The highest BCUT2D eigenvalue weighted by Crippen LogP contribution is 2.36. The van der Waals surface area contributed by atoms with Crippen molar-refractivity contribution in [3.8, 4) is 22.5 Å². The first-order valence-electron chi connectivity index (χ1n) is 16.1. The van der Waals surface area contributed by atoms with Gasteiger partial charge in [0.05, 0.1) is 49.0 Å². The molecule has 2 aliphatic rings. The first kappa shape index (κ1) is 30.5. The summed E-state index contributed by atoms with van der Waals surface area (Å²) in [7, 11) is 1.27. The molecule has 0 saturated carbocycles. The van der Waals surface area contributed by atoms with E-state index in [0.717, 1.165) is 81.7 Å². The lowest BCUT2D eigenvalue weighted by atomic mass is 10.1. The molecule has 7 rings (SSSR count). The molecule has 2 fully saturated rings. The molecule has 47 heavy (non-hydrogen) atoms. The Balaban J connectivity index is 1.11. The van der Waals surface area contributed by atoms with Crippen molar-refractivity contribution in [3.63, 3.8) is 0 Å². The normalized spacial score (nSPS) is 19.4. The molecule has 4 atom stereocenters. The fourth-order valence-electron chi connectivity index (χ4n) is 6.99. The van der Waals surface area contributed by atoms with Crippen molar-refractivity contribution in [2.75, 3.05) is 20.2 Å². The summed E-state index contributed by atoms with van der Waals surface area (Å²) in [6.07, 6.45) is 6.42. The molecule has 0 radical (unpaired) electrons. The largest absolute Gasteiger partial charge is 0.453 e. The van der Waals surface area contributed by atoms with Gasteiger partial charge in [-0.3, -0.25) is 9.59 Å². The monoisotopic (exact) mass is 637 g/mol. The first-order chi connectivity index (χ1) is 22.7. The van der Waals surface area contributed by atoms with Gasteiger partial charge in [0, 0.05) is 46.0 Å². The number of methoxy groups -OCH3 is 1. The fraction of sp³-hybridized carbons (Fsp3) is 0.382. The number of ether oxygens (including phenoxy) is 1. The second kappa shape index (κ2) is 12.2. The molecule has 0 unspecified atom stereocenters. The number of benzene rings is 2. The van der Waals surface area contributed by atoms with Crippen LogP contribution in [0.1, 0.15) is 63.3 Å². The molecule has 5 aromatic rings. The predicted molar refractivity (Wildman–Crippen MR) is 177 cm³/mol. The Morgan fingerprint density at radius 3 is 1.83 bits per heavy atom. The Kier molecular flexibility index (Phi) is 7.92. The van der Waals surface area contributed by atoms with Gasteiger partial charge in [0.25, 0.3) is 0 Å². The number of likely N-dealkylation sites (tertiary alicyclic amines) is 2. The van der Waals surface area contributed by atoms with Gasteiger partial charge >= 0.3 is 6.09 Å². The van der Waals surface area contributed by atoms with Crippen LogP contribution in [0.25, 0.3) is 44.3 Å². The Hall–Kier alpha value is -5.17. The van der Waals surface area contributed by atoms with Gasteiger partial charge in [-0.15, -0.1) is 0 Å². The summed E-state index contributed by atoms with van der Waals surface area (Å²) < 4.78 is 4.65. The maximum atomic E-state index is 13.1. The summed E-state index contributed by atoms with van der Waals surface area (Å²) in [6.45, 7) is 4.67. The SMILES string of the molecule is COC(=O)N[C@@H](C)C(=O)N1CCC[C@H]1c1ncc(-c2ccc3c(c2)[nH]c2cc(-c4cnc([C@@H]5CCCN5C(=O)[C@H](C)N)[nH]4)ccc23)[nH]1. The molecule has 3 aromatic heterocycles. The predicted octanol–water partition coefficient (Wildman–Crippen LogP) is 4.52. The number of alkyl carbamates (subject to hydrolysis) is 1. The highest BCUT2D eigenvalue weighted by Gasteiger charge is 2.35. The van der Waals surface area contributed by atoms with Crippen molar-refractivity contribution in [2.45, 2.75) is 63.7 Å². The molecule has 3 amide bonds. The van der Waals surface area contributed by atoms with Gasteiger partial charge in [0.2, 0.25) is 11.8 Å². The molecule has 5 heterocycles. The van der Waals surface area contributed by atoms with Crippen LogP contribution in [0.15, 0.2) is 48.8 Å². The van der Waals surface area contributed by atoms with Gasteiger partial charge in [-0.1, -0.05) is 24.3 Å². The number of amides is 3. The molecule has 2 aromatic carbocycles. The number of hydrogen-bond donors (Lipinski definition) is 5. The van der Waals surface area contributed by atoms with E-state index in [-0.39, 0.29) is 23.9 Å². The zero-order chi connectivity index (χ0) is 32.8. The number of H-pyrrole nitrogens is 3. The van der Waals surface area contributed by atoms with Crippen LogP contribution >= 0.6 is 0 Å². The van der Waals surface area contributed by atoms with E-state index in [4.69, 9.17) is 5.73 Å². The summed E-state index contributed by atoms with van der Waals surface area (Å²) in [5.74, 6) is 1.28. The van der Waals surface area contributed by atoms with Crippen molar-refractivity contribution in [1.29, 1.82) is 0 Å². The summed E-state index contributed by atoms with van der Waals surface area (Å²) in [6, 6.07) is 11.1. The van der Waals surface area contributed by atoms with E-state index in [1.54, 1.807) is 24.9 Å². The summed E-state index contributed by atoms with van der Waals surface area (Å²) >= 11 is 0. The molecular formula is C34H39N9O4. The minimum absolute atomic E-state index is 0.0501. The van der Waals surface area contributed by atoms with Crippen LogP contribution in [0, 0.1) is 0 Å². The Morgan fingerprint density at radius 2 is 1.34 bits per heavy atom. The van der Waals surface area contributed by atoms with Crippen LogP contribution < -0.4 is 11.1 Å². The van der Waals surface area contributed by atoms with Crippen LogP contribution in [0.2, 0.25) is 0 Å². The number of imidazole rings is 2. The third kappa shape index (κ3) is 5.60. The minimum Gasteiger partial charge on any atom is -0.453 e. The number of rotatable bonds is 7. The zero-order valence-corrected chi connectivity index (χ0v) is 26.7. The Morgan fingerprint density at radius 1 is 0.830 bits per heavy atom. The van der Waals surface area contributed by atoms with Crippen LogP contribution in [0.3, 0.4) is 0 Å². The summed E-state index contributed by atoms with van der Waals surface area (Å²) in [5, 5.41) is 4.78. The van der Waals surface area contributed by atoms with E-state index >= 15 is 0 Å². The number of carbonyl (C=O) groups excluding carboxylic acids is 3. The lowest BCUT2D eigenvalue weighted by Gasteiger charge is -2.26. The van der Waals surface area contributed by atoms with Crippen molar-refractivity contribution >= 4 is 39.7 Å². The summed E-state index contributed by atoms with van der Waals surface area (Å²) in [5.41, 5.74) is 11.6. The number of aromatic amines is 3. The number of nitrogens with one attached hydrogen (secondary N) is 4. The van der Waals surface area contributed by atoms with Crippen molar-refractivity contribution in [2.24, 2.45) is 5.73 Å². The molecule has 0 spiro atoms. The zero-order valence-electron chi connectivity index (χ0n) is 26.7. The maximum Gasteiger partial charge on any atom is 0.407 e. The molecular weight excluding hydrogens is 598 g/mol. The van der Waals surface area contributed by atoms with Crippen LogP contribution in [0.5, 0.6) is 0 Å². The summed E-state index contributed by atoms with van der Waals surface area (Å²) in [4.78, 5) is 60.8. The Bertz CT molecular complexity index is 1970. The average Bonchev–Trinajstić information content (AvgIpc) is 3.91. The number of fused-ring (bicyclic) bond motifs is 3. The van der Waals surface area contributed by atoms with E-state index in [1.165, 1.54) is 7.11 Å². The quantitative estimate of drug-likeness (QED) is 0.174. The van der Waals surface area contributed by atoms with E-state index in [1.807, 2.05) is 11.1 Å². The standard InChI is InChI=1S/C34H39N9O4/c1-18(35)32(44)42-12-4-6-28(42)30-36-16-26(40-30)20-8-10-22-23-11-9-21(15-25(23)39-24(22)14-20)27-17-37-31(41-27)29-7-5-13-43(29)33(45)19(2)38-34(46)47-3/h8-11,14-19,28-29,39H,4-7,12-13,35H2,1-3H3,(H,36,40)(H,37,41)(H,38,46)/t18-,19-,28-,29-/m0/s1. The van der Waals surface area contributed by atoms with Gasteiger partial charge < -0.3 is 40.5 Å². The van der Waals surface area contributed by atoms with Gasteiger partial charge in [-0.2, -0.15) is 0 Å². The molecule has 13 heteroatoms. The topological polar surface area (TPSA) is 178 Å². The van der Waals surface area contributed by atoms with Gasteiger partial charge in [-0.05, 0) is 51.7 Å². The molecule has 6 N–H and O–H groups in total. The van der Waals surface area contributed by atoms with Crippen molar-refractivity contribution in [1.82, 2.24) is 40.0 Å². The lowest BCUT2D eigenvalue weighted by Crippen LogP contribution is -2.46. The molecule has 0 bridgehead atoms. The number of nitrogens with two attached hydrogens (primary N) is 1. The number of aromatic nitrogens is 5. The smallest absolute Gasteiger partial charge is 0.407 e.